The first-order chi connectivity index (χ1) is 25.8. The van der Waals surface area contributed by atoms with Crippen molar-refractivity contribution in [3.8, 4) is 17.3 Å². The molecule has 0 spiro atoms. The third-order valence-electron chi connectivity index (χ3n) is 10.9. The van der Waals surface area contributed by atoms with Crippen LogP contribution in [-0.2, 0) is 10.8 Å². The van der Waals surface area contributed by atoms with Crippen molar-refractivity contribution in [2.24, 2.45) is 0 Å². The maximum Gasteiger partial charge on any atom is 0.137 e. The summed E-state index contributed by atoms with van der Waals surface area (Å²) in [5, 5.41) is 2.44. The molecule has 8 aromatic rings. The summed E-state index contributed by atoms with van der Waals surface area (Å²) in [7, 11) is 0. The van der Waals surface area contributed by atoms with Gasteiger partial charge in [0.2, 0.25) is 0 Å². The summed E-state index contributed by atoms with van der Waals surface area (Å²) >= 11 is 1.84. The highest BCUT2D eigenvalue weighted by Gasteiger charge is 2.30. The van der Waals surface area contributed by atoms with Crippen LogP contribution in [0.15, 0.2) is 121 Å². The Balaban J connectivity index is 1.09. The van der Waals surface area contributed by atoms with Crippen molar-refractivity contribution < 1.29 is 4.74 Å². The molecule has 0 unspecified atom stereocenters. The fourth-order valence-electron chi connectivity index (χ4n) is 7.62. The van der Waals surface area contributed by atoms with Gasteiger partial charge in [0.15, 0.2) is 0 Å². The van der Waals surface area contributed by atoms with Crippen molar-refractivity contribution >= 4 is 65.3 Å². The highest BCUT2D eigenvalue weighted by atomic mass is 32.1. The largest absolute Gasteiger partial charge is 0.457 e. The predicted octanol–water partition coefficient (Wildman–Crippen LogP) is 13.6. The third kappa shape index (κ3) is 5.80. The fourth-order valence-corrected chi connectivity index (χ4v) is 8.84. The topological polar surface area (TPSA) is 33.5 Å². The molecule has 54 heavy (non-hydrogen) atoms. The van der Waals surface area contributed by atoms with Crippen molar-refractivity contribution in [3.63, 3.8) is 0 Å². The molecule has 6 heteroatoms. The number of aromatic nitrogens is 2. The van der Waals surface area contributed by atoms with Crippen LogP contribution in [0.25, 0.3) is 37.0 Å². The first-order valence-corrected chi connectivity index (χ1v) is 19.6. The Kier molecular flexibility index (Phi) is 7.91. The number of rotatable bonds is 5. The molecule has 0 radical (unpaired) electrons. The van der Waals surface area contributed by atoms with Crippen LogP contribution in [0.5, 0.6) is 11.5 Å². The predicted molar refractivity (Wildman–Crippen MR) is 229 cm³/mol. The lowest BCUT2D eigenvalue weighted by molar-refractivity contribution is 0.483. The van der Waals surface area contributed by atoms with Crippen molar-refractivity contribution in [1.29, 1.82) is 0 Å². The standard InChI is InChI=1S/C48H46N4OS/c1-30-22-44(49-28-31(30)2)52-42-27-37(20-21-38(42)46-45(52)39-16-9-12-19-43(39)54-46)53-36-15-13-14-34(26-36)50-29-51(41-18-11-10-17-40(41)50)35-24-32(47(3,4)5)23-33(25-35)48(6,7)8/h9-28H,29H2,1-8H3. The summed E-state index contributed by atoms with van der Waals surface area (Å²) < 4.78 is 11.6. The number of ether oxygens (including phenoxy) is 1. The summed E-state index contributed by atoms with van der Waals surface area (Å²) in [5.41, 5.74) is 12.1. The Labute approximate surface area is 322 Å². The molecule has 0 fully saturated rings. The van der Waals surface area contributed by atoms with Gasteiger partial charge < -0.3 is 14.5 Å². The van der Waals surface area contributed by atoms with Gasteiger partial charge in [-0.2, -0.15) is 0 Å². The lowest BCUT2D eigenvalue weighted by Gasteiger charge is -2.29. The number of thiophene rings is 1. The SMILES string of the molecule is Cc1cnc(-n2c3cc(Oc4cccc(N5CN(c6cc(C(C)(C)C)cc(C(C)(C)C)c6)c6ccccc65)c4)ccc3c3sc4ccccc4c32)cc1C. The van der Waals surface area contributed by atoms with E-state index in [-0.39, 0.29) is 10.8 Å². The van der Waals surface area contributed by atoms with E-state index in [1.165, 1.54) is 65.0 Å². The number of aryl methyl sites for hydroxylation is 2. The van der Waals surface area contributed by atoms with E-state index in [1.54, 1.807) is 0 Å². The molecular formula is C48H46N4OS. The zero-order valence-corrected chi connectivity index (χ0v) is 33.2. The van der Waals surface area contributed by atoms with Crippen LogP contribution in [0.4, 0.5) is 22.7 Å². The molecular weight excluding hydrogens is 681 g/mol. The lowest BCUT2D eigenvalue weighted by Crippen LogP contribution is -2.25. The summed E-state index contributed by atoms with van der Waals surface area (Å²) in [6.07, 6.45) is 1.98. The van der Waals surface area contributed by atoms with E-state index in [9.17, 15) is 0 Å². The van der Waals surface area contributed by atoms with Crippen molar-refractivity contribution in [2.45, 2.75) is 66.2 Å². The number of hydrogen-bond acceptors (Lipinski definition) is 5. The van der Waals surface area contributed by atoms with E-state index in [0.29, 0.717) is 6.67 Å². The highest BCUT2D eigenvalue weighted by molar-refractivity contribution is 7.26. The van der Waals surface area contributed by atoms with E-state index >= 15 is 0 Å². The van der Waals surface area contributed by atoms with Gasteiger partial charge in [0, 0.05) is 45.2 Å². The van der Waals surface area contributed by atoms with Crippen LogP contribution in [-0.4, -0.2) is 16.2 Å². The second-order valence-corrected chi connectivity index (χ2v) is 17.8. The van der Waals surface area contributed by atoms with Crippen LogP contribution in [0.3, 0.4) is 0 Å². The van der Waals surface area contributed by atoms with Gasteiger partial charge in [0.05, 0.1) is 27.1 Å². The van der Waals surface area contributed by atoms with Crippen molar-refractivity contribution in [2.75, 3.05) is 16.5 Å². The van der Waals surface area contributed by atoms with Gasteiger partial charge in [-0.3, -0.25) is 4.57 Å². The van der Waals surface area contributed by atoms with Gasteiger partial charge in [0.1, 0.15) is 24.0 Å². The molecule has 0 saturated heterocycles. The Bertz CT molecular complexity index is 2710. The maximum absolute atomic E-state index is 6.72. The molecule has 270 valence electrons. The van der Waals surface area contributed by atoms with Crippen LogP contribution in [0, 0.1) is 13.8 Å². The number of para-hydroxylation sites is 2. The number of hydrogen-bond donors (Lipinski definition) is 0. The highest BCUT2D eigenvalue weighted by Crippen LogP contribution is 2.47. The minimum absolute atomic E-state index is 0.0320. The summed E-state index contributed by atoms with van der Waals surface area (Å²) in [6, 6.07) is 41.7. The minimum Gasteiger partial charge on any atom is -0.457 e. The van der Waals surface area contributed by atoms with Crippen LogP contribution in [0.1, 0.15) is 63.8 Å². The molecule has 9 rings (SSSR count). The molecule has 0 amide bonds. The average Bonchev–Trinajstić information content (AvgIpc) is 3.81. The number of pyridine rings is 1. The van der Waals surface area contributed by atoms with Gasteiger partial charge in [-0.15, -0.1) is 11.3 Å². The van der Waals surface area contributed by atoms with E-state index in [1.807, 2.05) is 23.6 Å². The molecule has 4 heterocycles. The van der Waals surface area contributed by atoms with E-state index in [0.717, 1.165) is 28.5 Å². The zero-order valence-electron chi connectivity index (χ0n) is 32.4. The van der Waals surface area contributed by atoms with E-state index in [4.69, 9.17) is 9.72 Å². The second kappa shape index (κ2) is 12.5. The molecule has 0 atom stereocenters. The molecule has 0 bridgehead atoms. The van der Waals surface area contributed by atoms with Gasteiger partial charge in [-0.05, 0) is 108 Å². The van der Waals surface area contributed by atoms with Gasteiger partial charge in [-0.1, -0.05) is 84.0 Å². The minimum atomic E-state index is 0.0320. The Hall–Kier alpha value is -5.59. The van der Waals surface area contributed by atoms with E-state index in [2.05, 4.69) is 179 Å². The average molecular weight is 727 g/mol. The lowest BCUT2D eigenvalue weighted by atomic mass is 9.80. The molecule has 5 aromatic carbocycles. The summed E-state index contributed by atoms with van der Waals surface area (Å²) in [4.78, 5) is 9.78. The zero-order chi connectivity index (χ0) is 37.5. The van der Waals surface area contributed by atoms with Gasteiger partial charge in [-0.25, -0.2) is 4.98 Å². The number of fused-ring (bicyclic) bond motifs is 6. The van der Waals surface area contributed by atoms with Gasteiger partial charge in [0.25, 0.3) is 0 Å². The molecule has 1 aliphatic heterocycles. The third-order valence-corrected chi connectivity index (χ3v) is 12.1. The van der Waals surface area contributed by atoms with E-state index < -0.39 is 0 Å². The molecule has 5 nitrogen and oxygen atoms in total. The molecule has 0 N–H and O–H groups in total. The molecule has 0 aliphatic carbocycles. The van der Waals surface area contributed by atoms with Crippen LogP contribution in [0.2, 0.25) is 0 Å². The first kappa shape index (κ1) is 34.2. The number of nitrogens with zero attached hydrogens (tertiary/aromatic N) is 4. The number of benzene rings is 5. The Morgan fingerprint density at radius 3 is 1.98 bits per heavy atom. The Morgan fingerprint density at radius 1 is 0.611 bits per heavy atom. The fraction of sp³-hybridized carbons (Fsp3) is 0.229. The summed E-state index contributed by atoms with van der Waals surface area (Å²) in [6.45, 7) is 18.8. The first-order valence-electron chi connectivity index (χ1n) is 18.8. The van der Waals surface area contributed by atoms with Gasteiger partial charge >= 0.3 is 0 Å². The summed E-state index contributed by atoms with van der Waals surface area (Å²) in [5.74, 6) is 2.50. The smallest absolute Gasteiger partial charge is 0.137 e. The van der Waals surface area contributed by atoms with Crippen molar-refractivity contribution in [1.82, 2.24) is 9.55 Å². The normalized spacial score (nSPS) is 13.4. The molecule has 0 saturated carbocycles. The maximum atomic E-state index is 6.72. The quantitative estimate of drug-likeness (QED) is 0.177. The van der Waals surface area contributed by atoms with Crippen LogP contribution < -0.4 is 14.5 Å². The molecule has 3 aromatic heterocycles. The van der Waals surface area contributed by atoms with Crippen molar-refractivity contribution in [3.05, 3.63) is 144 Å². The Morgan fingerprint density at radius 2 is 1.28 bits per heavy atom. The van der Waals surface area contributed by atoms with Crippen LogP contribution >= 0.6 is 11.3 Å². The molecule has 1 aliphatic rings. The number of anilines is 4. The second-order valence-electron chi connectivity index (χ2n) is 16.8. The monoisotopic (exact) mass is 726 g/mol.